The van der Waals surface area contributed by atoms with Crippen LogP contribution in [0, 0.1) is 34.3 Å². The highest BCUT2D eigenvalue weighted by Gasteiger charge is 2.57. The Bertz CT molecular complexity index is 2320. The molecule has 4 atom stereocenters. The Morgan fingerprint density at radius 1 is 0.704 bits per heavy atom. The number of nitrogens with zero attached hydrogens (tertiary/aromatic N) is 3. The zero-order valence-electron chi connectivity index (χ0n) is 38.5. The molecule has 2 saturated carbocycles. The predicted octanol–water partition coefficient (Wildman–Crippen LogP) is 6.04. The number of carbonyl (C=O) groups is 4. The molecule has 9 N–H and O–H groups in total. The fraction of sp³-hybridized carbons (Fsp3) is 0.511. The van der Waals surface area contributed by atoms with Gasteiger partial charge in [-0.2, -0.15) is 43.9 Å². The van der Waals surface area contributed by atoms with Gasteiger partial charge < -0.3 is 32.5 Å². The Kier molecular flexibility index (Phi) is 18.9. The van der Waals surface area contributed by atoms with Crippen molar-refractivity contribution >= 4 is 47.2 Å². The van der Waals surface area contributed by atoms with Crippen molar-refractivity contribution in [3.63, 3.8) is 0 Å². The average Bonchev–Trinajstić information content (AvgIpc) is 4.20. The zero-order chi connectivity index (χ0) is 53.4. The molecule has 2 aliphatic rings. The fourth-order valence-electron chi connectivity index (χ4n) is 6.86. The number of hydrogen-bond donors (Lipinski definition) is 7. The zero-order valence-corrected chi connectivity index (χ0v) is 38.5. The number of amides is 4. The summed E-state index contributed by atoms with van der Waals surface area (Å²) in [5, 5.41) is 18.9. The van der Waals surface area contributed by atoms with Crippen LogP contribution in [-0.2, 0) is 32.1 Å². The van der Waals surface area contributed by atoms with Gasteiger partial charge in [-0.05, 0) is 88.6 Å². The van der Waals surface area contributed by atoms with Crippen molar-refractivity contribution in [2.45, 2.75) is 116 Å². The minimum absolute atomic E-state index is 0.00105. The van der Waals surface area contributed by atoms with Crippen molar-refractivity contribution in [1.29, 1.82) is 0 Å². The molecule has 0 saturated heterocycles. The van der Waals surface area contributed by atoms with E-state index in [1.54, 1.807) is 0 Å². The number of aliphatic hydroxyl groups excluding tert-OH is 1. The largest absolute Gasteiger partial charge is 0.404 e. The summed E-state index contributed by atoms with van der Waals surface area (Å²) in [4.78, 5) is 59.7. The van der Waals surface area contributed by atoms with Crippen LogP contribution < -0.4 is 32.8 Å². The highest BCUT2D eigenvalue weighted by molar-refractivity contribution is 6.10. The highest BCUT2D eigenvalue weighted by Crippen LogP contribution is 2.43. The Labute approximate surface area is 399 Å². The van der Waals surface area contributed by atoms with Gasteiger partial charge in [-0.1, -0.05) is 24.3 Å². The van der Waals surface area contributed by atoms with Crippen molar-refractivity contribution in [3.05, 3.63) is 82.7 Å². The van der Waals surface area contributed by atoms with Gasteiger partial charge in [-0.15, -0.1) is 0 Å². The first kappa shape index (κ1) is 57.4. The Morgan fingerprint density at radius 3 is 1.52 bits per heavy atom. The summed E-state index contributed by atoms with van der Waals surface area (Å²) in [5.41, 5.74) is 5.62. The van der Waals surface area contributed by atoms with Crippen LogP contribution in [0.4, 0.5) is 52.7 Å². The minimum Gasteiger partial charge on any atom is -0.404 e. The number of nitrogens with one attached hydrogen (secondary N) is 4. The number of alkyl halides is 10. The number of nitrogens with two attached hydrogens (primary N) is 2. The average molecular weight is 1030 g/mol. The van der Waals surface area contributed by atoms with Crippen molar-refractivity contribution < 1.29 is 77.0 Å². The summed E-state index contributed by atoms with van der Waals surface area (Å²) in [6.45, 7) is -6.25. The van der Waals surface area contributed by atoms with Gasteiger partial charge in [0.25, 0.3) is 5.91 Å². The van der Waals surface area contributed by atoms with Crippen LogP contribution in [0.5, 0.6) is 0 Å². The van der Waals surface area contributed by atoms with Gasteiger partial charge in [-0.25, -0.2) is 23.8 Å². The van der Waals surface area contributed by atoms with Gasteiger partial charge in [0.05, 0.1) is 23.0 Å². The number of aliphatic hydroxyl groups is 1. The maximum absolute atomic E-state index is 15.9. The number of carbonyl (C=O) groups excluding carboxylic acids is 4. The van der Waals surface area contributed by atoms with E-state index in [1.165, 1.54) is 24.3 Å². The summed E-state index contributed by atoms with van der Waals surface area (Å²) >= 11 is 0. The molecule has 4 rings (SSSR count). The summed E-state index contributed by atoms with van der Waals surface area (Å²) in [6, 6.07) is -0.120. The molecule has 0 aliphatic heterocycles. The quantitative estimate of drug-likeness (QED) is 0.0301. The molecule has 26 heteroatoms. The smallest absolute Gasteiger partial charge is 0.396 e. The van der Waals surface area contributed by atoms with E-state index in [0.717, 1.165) is 12.4 Å². The van der Waals surface area contributed by atoms with Gasteiger partial charge in [0.1, 0.15) is 23.7 Å². The van der Waals surface area contributed by atoms with Crippen molar-refractivity contribution in [1.82, 2.24) is 26.4 Å². The number of rotatable bonds is 23. The van der Waals surface area contributed by atoms with Crippen molar-refractivity contribution in [2.75, 3.05) is 6.54 Å². The van der Waals surface area contributed by atoms with Gasteiger partial charge in [0.15, 0.2) is 0 Å². The predicted molar refractivity (Wildman–Crippen MR) is 235 cm³/mol. The van der Waals surface area contributed by atoms with E-state index in [2.05, 4.69) is 31.4 Å². The van der Waals surface area contributed by atoms with Crippen LogP contribution >= 0.6 is 0 Å². The molecular weight excluding hydrogens is 975 g/mol. The summed E-state index contributed by atoms with van der Waals surface area (Å²) < 4.78 is 171. The monoisotopic (exact) mass is 1030 g/mol. The third-order valence-electron chi connectivity index (χ3n) is 11.9. The minimum atomic E-state index is -5.19. The molecule has 2 aliphatic carbocycles. The molecule has 392 valence electrons. The van der Waals surface area contributed by atoms with Crippen molar-refractivity contribution in [2.24, 2.45) is 44.1 Å². The number of halogens is 12. The van der Waals surface area contributed by atoms with E-state index in [-0.39, 0.29) is 29.5 Å². The van der Waals surface area contributed by atoms with Gasteiger partial charge >= 0.3 is 25.5 Å². The second kappa shape index (κ2) is 23.4. The molecule has 0 spiro atoms. The Hall–Kier alpha value is -6.18. The van der Waals surface area contributed by atoms with Gasteiger partial charge in [0, 0.05) is 66.5 Å². The summed E-state index contributed by atoms with van der Waals surface area (Å²) in [7, 11) is 0. The van der Waals surface area contributed by atoms with Crippen LogP contribution in [0.1, 0.15) is 75.6 Å². The van der Waals surface area contributed by atoms with Crippen LogP contribution in [0.15, 0.2) is 58.8 Å². The SMILES string of the molecule is CC(C)(C(NC(=O)C1CC1)C(=O)N[C@@H](Cc1ccc(C(C=NC(F)F)=CN)cc1)[C@@H](O)CN(Cc1c(F)cc(C(C=NC(F)F)=CN)cc1F)NC(=O)[C@@H](NC(=O)C1CC1)C(C)(C)C(F)(F)F)C(F)(F)F. The molecule has 1 unspecified atom stereocenters. The maximum Gasteiger partial charge on any atom is 0.396 e. The number of hydrazine groups is 1. The van der Waals surface area contributed by atoms with E-state index in [9.17, 15) is 68.2 Å². The standard InChI is InChI=1S/C45H53F12N9O5/c1-42(2,44(52,53)54)34(63-36(68)24-9-10-24)38(70)62-32(13-22-5-7-23(8-6-22)27(16-58)18-60-40(48)49)33(67)21-66(20-29-30(46)14-26(15-31(29)47)28(17-59)19-61-41(50)51)65-39(71)35(43(3,4)45(55,56)57)64-37(69)25-11-12-25/h5-8,14-19,24-25,32-35,40-41,67H,9-13,20-21,58-59H2,1-4H3,(H,62,70)(H,63,68)(H,64,69)(H,65,71)/t32-,33-,34?,35+/m0/s1. The molecule has 2 fully saturated rings. The lowest BCUT2D eigenvalue weighted by Crippen LogP contribution is -2.64. The van der Waals surface area contributed by atoms with E-state index in [1.807, 2.05) is 0 Å². The number of hydrogen-bond acceptors (Lipinski definition) is 10. The van der Waals surface area contributed by atoms with E-state index < -0.39 is 144 Å². The van der Waals surface area contributed by atoms with Crippen LogP contribution in [0.2, 0.25) is 0 Å². The Morgan fingerprint density at radius 2 is 1.13 bits per heavy atom. The molecule has 14 nitrogen and oxygen atoms in total. The van der Waals surface area contributed by atoms with E-state index >= 15 is 8.78 Å². The highest BCUT2D eigenvalue weighted by atomic mass is 19.4. The number of benzene rings is 2. The lowest BCUT2D eigenvalue weighted by Gasteiger charge is -2.38. The molecule has 0 bridgehead atoms. The fourth-order valence-corrected chi connectivity index (χ4v) is 6.86. The number of allylic oxidation sites excluding steroid dienone is 2. The topological polar surface area (TPSA) is 217 Å². The van der Waals surface area contributed by atoms with E-state index in [0.29, 0.717) is 70.1 Å². The normalized spacial score (nSPS) is 17.2. The molecular formula is C45H53F12N9O5. The van der Waals surface area contributed by atoms with Crippen LogP contribution in [-0.4, -0.2) is 102 Å². The van der Waals surface area contributed by atoms with Crippen molar-refractivity contribution in [3.8, 4) is 0 Å². The molecule has 71 heavy (non-hydrogen) atoms. The molecule has 4 amide bonds. The second-order valence-corrected chi connectivity index (χ2v) is 18.1. The van der Waals surface area contributed by atoms with Crippen LogP contribution in [0.3, 0.4) is 0 Å². The van der Waals surface area contributed by atoms with Gasteiger partial charge in [-0.3, -0.25) is 24.6 Å². The maximum atomic E-state index is 15.9. The number of aliphatic imine (C=N–C) groups is 2. The molecule has 0 aromatic heterocycles. The second-order valence-electron chi connectivity index (χ2n) is 18.1. The summed E-state index contributed by atoms with van der Waals surface area (Å²) in [5.74, 6) is -9.34. The van der Waals surface area contributed by atoms with E-state index in [4.69, 9.17) is 11.5 Å². The molecule has 0 heterocycles. The first-order chi connectivity index (χ1) is 32.9. The molecule has 2 aromatic rings. The first-order valence-corrected chi connectivity index (χ1v) is 21.7. The lowest BCUT2D eigenvalue weighted by atomic mass is 9.82. The lowest BCUT2D eigenvalue weighted by molar-refractivity contribution is -0.222. The Balaban J connectivity index is 1.84. The first-order valence-electron chi connectivity index (χ1n) is 21.7. The van der Waals surface area contributed by atoms with Gasteiger partial charge in [0.2, 0.25) is 17.7 Å². The third-order valence-corrected chi connectivity index (χ3v) is 11.9. The molecule has 0 radical (unpaired) electrons. The van der Waals surface area contributed by atoms with Crippen LogP contribution in [0.25, 0.3) is 11.1 Å². The molecule has 2 aromatic carbocycles. The third kappa shape index (κ3) is 15.4. The summed E-state index contributed by atoms with van der Waals surface area (Å²) in [6.07, 6.45) is -8.96.